The van der Waals surface area contributed by atoms with Crippen molar-refractivity contribution >= 4 is 40.8 Å². The van der Waals surface area contributed by atoms with Gasteiger partial charge in [-0.1, -0.05) is 23.1 Å². The number of hydrogen-bond acceptors (Lipinski definition) is 10. The van der Waals surface area contributed by atoms with Crippen LogP contribution in [0.25, 0.3) is 5.95 Å². The predicted octanol–water partition coefficient (Wildman–Crippen LogP) is 1.82. The highest BCUT2D eigenvalue weighted by molar-refractivity contribution is 8.02. The molecule has 0 saturated carbocycles. The van der Waals surface area contributed by atoms with Crippen LogP contribution in [0.1, 0.15) is 0 Å². The number of imidazole rings is 1. The van der Waals surface area contributed by atoms with Gasteiger partial charge in [-0.05, 0) is 18.0 Å². The number of anilines is 1. The van der Waals surface area contributed by atoms with Crippen molar-refractivity contribution in [3.63, 3.8) is 0 Å². The van der Waals surface area contributed by atoms with Gasteiger partial charge in [0.1, 0.15) is 6.33 Å². The molecule has 11 heteroatoms. The Labute approximate surface area is 132 Å². The van der Waals surface area contributed by atoms with Crippen LogP contribution in [0.3, 0.4) is 0 Å². The van der Waals surface area contributed by atoms with Gasteiger partial charge in [-0.15, -0.1) is 10.2 Å². The second-order valence-corrected chi connectivity index (χ2v) is 6.85. The van der Waals surface area contributed by atoms with E-state index < -0.39 is 0 Å². The molecule has 0 amide bonds. The predicted molar refractivity (Wildman–Crippen MR) is 82.3 cm³/mol. The maximum absolute atomic E-state index is 4.41. The lowest BCUT2D eigenvalue weighted by Crippen LogP contribution is -2.06. The molecule has 0 aromatic carbocycles. The minimum Gasteiger partial charge on any atom is -0.357 e. The van der Waals surface area contributed by atoms with Crippen molar-refractivity contribution in [1.82, 2.24) is 34.7 Å². The van der Waals surface area contributed by atoms with Crippen molar-refractivity contribution < 1.29 is 0 Å². The number of nitrogens with one attached hydrogen (secondary N) is 1. The summed E-state index contributed by atoms with van der Waals surface area (Å²) in [4.78, 5) is 17.0. The van der Waals surface area contributed by atoms with Crippen molar-refractivity contribution in [1.29, 1.82) is 0 Å². The summed E-state index contributed by atoms with van der Waals surface area (Å²) in [6.45, 7) is 0. The molecular weight excluding hydrogens is 328 g/mol. The molecule has 0 atom stereocenters. The van der Waals surface area contributed by atoms with Gasteiger partial charge in [0.05, 0.1) is 0 Å². The van der Waals surface area contributed by atoms with E-state index in [1.165, 1.54) is 23.1 Å². The van der Waals surface area contributed by atoms with Crippen LogP contribution < -0.4 is 5.32 Å². The molecule has 108 valence electrons. The van der Waals surface area contributed by atoms with Crippen LogP contribution in [0.5, 0.6) is 0 Å². The summed E-state index contributed by atoms with van der Waals surface area (Å²) in [6.07, 6.45) is 7.05. The maximum atomic E-state index is 4.41. The normalized spacial score (nSPS) is 10.8. The van der Waals surface area contributed by atoms with Crippen molar-refractivity contribution in [3.05, 3.63) is 18.7 Å². The van der Waals surface area contributed by atoms with Crippen LogP contribution in [-0.4, -0.2) is 48.0 Å². The Morgan fingerprint density at radius 1 is 1.19 bits per heavy atom. The number of aromatic nitrogens is 7. The first-order chi connectivity index (χ1) is 10.3. The first-order valence-corrected chi connectivity index (χ1v) is 8.62. The lowest BCUT2D eigenvalue weighted by molar-refractivity contribution is 0.826. The van der Waals surface area contributed by atoms with E-state index in [1.807, 2.05) is 6.26 Å². The number of rotatable bonds is 5. The van der Waals surface area contributed by atoms with Crippen LogP contribution >= 0.6 is 34.9 Å². The molecule has 0 aliphatic rings. The van der Waals surface area contributed by atoms with E-state index in [0.29, 0.717) is 17.1 Å². The average Bonchev–Trinajstić information content (AvgIpc) is 3.18. The Balaban J connectivity index is 1.92. The molecule has 0 aliphatic carbocycles. The van der Waals surface area contributed by atoms with E-state index >= 15 is 0 Å². The third kappa shape index (κ3) is 3.31. The van der Waals surface area contributed by atoms with Crippen molar-refractivity contribution in [2.24, 2.45) is 0 Å². The molecule has 0 saturated heterocycles. The minimum absolute atomic E-state index is 0.491. The van der Waals surface area contributed by atoms with E-state index in [2.05, 4.69) is 35.5 Å². The van der Waals surface area contributed by atoms with Gasteiger partial charge in [0.25, 0.3) is 0 Å². The second-order valence-electron chi connectivity index (χ2n) is 3.60. The molecule has 3 rings (SSSR count). The zero-order valence-electron chi connectivity index (χ0n) is 11.1. The largest absolute Gasteiger partial charge is 0.357 e. The quantitative estimate of drug-likeness (QED) is 0.699. The van der Waals surface area contributed by atoms with E-state index in [0.717, 1.165) is 8.68 Å². The molecule has 3 aromatic heterocycles. The summed E-state index contributed by atoms with van der Waals surface area (Å²) in [7, 11) is 1.76. The fourth-order valence-electron chi connectivity index (χ4n) is 1.40. The van der Waals surface area contributed by atoms with Gasteiger partial charge < -0.3 is 5.32 Å². The van der Waals surface area contributed by atoms with Gasteiger partial charge in [0.2, 0.25) is 17.1 Å². The second kappa shape index (κ2) is 6.37. The van der Waals surface area contributed by atoms with Crippen LogP contribution in [0.15, 0.2) is 32.6 Å². The number of thioether (sulfide) groups is 1. The molecule has 0 spiro atoms. The Hall–Kier alpha value is -1.72. The highest BCUT2D eigenvalue weighted by atomic mass is 32.2. The summed E-state index contributed by atoms with van der Waals surface area (Å²) in [5.41, 5.74) is 0. The molecule has 0 radical (unpaired) electrons. The molecule has 1 N–H and O–H groups in total. The van der Waals surface area contributed by atoms with Crippen molar-refractivity contribution in [2.75, 3.05) is 18.6 Å². The van der Waals surface area contributed by atoms with Gasteiger partial charge in [-0.2, -0.15) is 15.0 Å². The first kappa shape index (κ1) is 14.2. The maximum Gasteiger partial charge on any atom is 0.240 e. The molecule has 0 fully saturated rings. The highest BCUT2D eigenvalue weighted by Gasteiger charge is 2.11. The lowest BCUT2D eigenvalue weighted by Gasteiger charge is -2.05. The molecule has 21 heavy (non-hydrogen) atoms. The summed E-state index contributed by atoms with van der Waals surface area (Å²) in [5, 5.41) is 11.6. The zero-order valence-corrected chi connectivity index (χ0v) is 13.5. The topological polar surface area (TPSA) is 94.3 Å². The van der Waals surface area contributed by atoms with Crippen LogP contribution in [0.4, 0.5) is 5.95 Å². The number of nitrogens with zero attached hydrogens (tertiary/aromatic N) is 7. The van der Waals surface area contributed by atoms with Gasteiger partial charge in [0.15, 0.2) is 8.68 Å². The van der Waals surface area contributed by atoms with E-state index in [9.17, 15) is 0 Å². The van der Waals surface area contributed by atoms with Gasteiger partial charge in [-0.3, -0.25) is 4.57 Å². The van der Waals surface area contributed by atoms with Gasteiger partial charge in [0, 0.05) is 19.4 Å². The third-order valence-corrected chi connectivity index (χ3v) is 5.12. The Kier molecular flexibility index (Phi) is 4.31. The van der Waals surface area contributed by atoms with Crippen LogP contribution in [-0.2, 0) is 0 Å². The average molecular weight is 338 g/mol. The molecule has 0 aliphatic heterocycles. The molecule has 3 heterocycles. The lowest BCUT2D eigenvalue weighted by atomic mass is 10.8. The molecular formula is C10H10N8S3. The van der Waals surface area contributed by atoms with Gasteiger partial charge >= 0.3 is 0 Å². The van der Waals surface area contributed by atoms with Crippen molar-refractivity contribution in [3.8, 4) is 5.95 Å². The number of hydrogen-bond donors (Lipinski definition) is 1. The first-order valence-electron chi connectivity index (χ1n) is 5.76. The standard InChI is InChI=1S/C10H10N8S3/c1-11-6-13-7(18-4-3-12-5-18)15-8(14-6)20-10-17-16-9(19-2)21-10/h3-5H,1-2H3,(H,11,13,14,15). The van der Waals surface area contributed by atoms with E-state index in [4.69, 9.17) is 0 Å². The minimum atomic E-state index is 0.491. The molecule has 8 nitrogen and oxygen atoms in total. The molecule has 3 aromatic rings. The smallest absolute Gasteiger partial charge is 0.240 e. The Morgan fingerprint density at radius 3 is 2.71 bits per heavy atom. The summed E-state index contributed by atoms with van der Waals surface area (Å²) in [6, 6.07) is 0. The highest BCUT2D eigenvalue weighted by Crippen LogP contribution is 2.31. The summed E-state index contributed by atoms with van der Waals surface area (Å²) < 4.78 is 3.43. The fraction of sp³-hybridized carbons (Fsp3) is 0.200. The molecule has 0 bridgehead atoms. The summed E-state index contributed by atoms with van der Waals surface area (Å²) >= 11 is 4.43. The summed E-state index contributed by atoms with van der Waals surface area (Å²) in [5.74, 6) is 0.995. The molecule has 0 unspecified atom stereocenters. The third-order valence-electron chi connectivity index (χ3n) is 2.30. The Morgan fingerprint density at radius 2 is 2.05 bits per heavy atom. The van der Waals surface area contributed by atoms with Gasteiger partial charge in [-0.25, -0.2) is 4.98 Å². The van der Waals surface area contributed by atoms with E-state index in [1.54, 1.807) is 42.1 Å². The van der Waals surface area contributed by atoms with Crippen LogP contribution in [0, 0.1) is 0 Å². The SMILES string of the molecule is CNc1nc(Sc2nnc(SC)s2)nc(-n2ccnc2)n1. The zero-order chi connectivity index (χ0) is 14.7. The Bertz CT molecular complexity index is 726. The monoisotopic (exact) mass is 338 g/mol. The van der Waals surface area contributed by atoms with Crippen LogP contribution in [0.2, 0.25) is 0 Å². The fourth-order valence-corrected chi connectivity index (χ4v) is 3.68. The van der Waals surface area contributed by atoms with Crippen molar-refractivity contribution in [2.45, 2.75) is 13.8 Å². The van der Waals surface area contributed by atoms with E-state index in [-0.39, 0.29) is 0 Å².